The fourth-order valence-corrected chi connectivity index (χ4v) is 5.09. The van der Waals surface area contributed by atoms with Gasteiger partial charge in [-0.3, -0.25) is 9.69 Å². The van der Waals surface area contributed by atoms with Crippen molar-refractivity contribution in [2.24, 2.45) is 0 Å². The fourth-order valence-electron chi connectivity index (χ4n) is 4.13. The molecule has 0 saturated carbocycles. The predicted molar refractivity (Wildman–Crippen MR) is 139 cm³/mol. The molecule has 0 atom stereocenters. The third kappa shape index (κ3) is 6.10. The van der Waals surface area contributed by atoms with Crippen molar-refractivity contribution in [2.45, 2.75) is 17.5 Å². The van der Waals surface area contributed by atoms with Gasteiger partial charge in [0.05, 0.1) is 25.3 Å². The van der Waals surface area contributed by atoms with Crippen LogP contribution in [0.15, 0.2) is 72.0 Å². The average molecular weight is 506 g/mol. The molecule has 0 spiro atoms. The number of imidazole rings is 1. The Balaban J connectivity index is 1.24. The zero-order chi connectivity index (χ0) is 24.7. The molecule has 1 N–H and O–H groups in total. The van der Waals surface area contributed by atoms with E-state index in [0.717, 1.165) is 54.6 Å². The number of carbonyl (C=O) groups is 1. The van der Waals surface area contributed by atoms with Crippen LogP contribution in [0.3, 0.4) is 0 Å². The van der Waals surface area contributed by atoms with E-state index in [-0.39, 0.29) is 11.7 Å². The molecule has 1 saturated heterocycles. The first-order chi connectivity index (χ1) is 17.7. The summed E-state index contributed by atoms with van der Waals surface area (Å²) in [5.74, 6) is 0.365. The molecule has 0 aliphatic carbocycles. The molecule has 4 aromatic rings. The van der Waals surface area contributed by atoms with Crippen LogP contribution < -0.4 is 5.32 Å². The van der Waals surface area contributed by atoms with Gasteiger partial charge in [-0.1, -0.05) is 36.0 Å². The minimum absolute atomic E-state index is 0.0670. The summed E-state index contributed by atoms with van der Waals surface area (Å²) in [5.41, 5.74) is 4.37. The Labute approximate surface area is 213 Å². The van der Waals surface area contributed by atoms with E-state index in [9.17, 15) is 9.18 Å². The highest BCUT2D eigenvalue weighted by molar-refractivity contribution is 7.98. The maximum Gasteiger partial charge on any atom is 0.251 e. The van der Waals surface area contributed by atoms with E-state index in [0.29, 0.717) is 30.1 Å². The Bertz CT molecular complexity index is 1300. The molecule has 2 aromatic carbocycles. The molecule has 0 radical (unpaired) electrons. The van der Waals surface area contributed by atoms with Crippen molar-refractivity contribution in [2.75, 3.05) is 39.4 Å². The average Bonchev–Trinajstić information content (AvgIpc) is 3.26. The minimum Gasteiger partial charge on any atom is -0.379 e. The van der Waals surface area contributed by atoms with Crippen molar-refractivity contribution < 1.29 is 13.9 Å². The Hall–Kier alpha value is -3.27. The topological polar surface area (TPSA) is 72.3 Å². The summed E-state index contributed by atoms with van der Waals surface area (Å²) < 4.78 is 20.7. The smallest absolute Gasteiger partial charge is 0.251 e. The fraction of sp³-hybridized carbons (Fsp3) is 0.296. The van der Waals surface area contributed by atoms with Gasteiger partial charge in [0, 0.05) is 43.7 Å². The minimum atomic E-state index is -0.241. The van der Waals surface area contributed by atoms with Crippen LogP contribution in [-0.4, -0.2) is 64.7 Å². The number of amides is 1. The van der Waals surface area contributed by atoms with Gasteiger partial charge in [0.2, 0.25) is 0 Å². The lowest BCUT2D eigenvalue weighted by Crippen LogP contribution is -2.41. The number of nitrogens with one attached hydrogen (secondary N) is 1. The summed E-state index contributed by atoms with van der Waals surface area (Å²) in [5, 5.41) is 3.85. The van der Waals surface area contributed by atoms with Crippen LogP contribution >= 0.6 is 11.8 Å². The summed E-state index contributed by atoms with van der Waals surface area (Å²) in [4.78, 5) is 24.0. The quantitative estimate of drug-likeness (QED) is 0.347. The molecule has 0 unspecified atom stereocenters. The second-order valence-corrected chi connectivity index (χ2v) is 9.59. The molecule has 7 nitrogen and oxygen atoms in total. The molecular weight excluding hydrogens is 477 g/mol. The summed E-state index contributed by atoms with van der Waals surface area (Å²) in [6, 6.07) is 18.1. The number of rotatable bonds is 9. The first kappa shape index (κ1) is 24.4. The number of aromatic nitrogens is 3. The van der Waals surface area contributed by atoms with E-state index >= 15 is 0 Å². The first-order valence-corrected chi connectivity index (χ1v) is 13.0. The van der Waals surface area contributed by atoms with Gasteiger partial charge in [-0.25, -0.2) is 14.4 Å². The maximum absolute atomic E-state index is 13.3. The molecule has 1 aliphatic rings. The van der Waals surface area contributed by atoms with Gasteiger partial charge >= 0.3 is 0 Å². The highest BCUT2D eigenvalue weighted by Crippen LogP contribution is 2.27. The number of pyridine rings is 1. The molecule has 5 rings (SSSR count). The van der Waals surface area contributed by atoms with Crippen LogP contribution in [0.25, 0.3) is 11.2 Å². The van der Waals surface area contributed by atoms with Crippen molar-refractivity contribution in [1.29, 1.82) is 0 Å². The number of ether oxygens (including phenoxy) is 1. The zero-order valence-electron chi connectivity index (χ0n) is 19.9. The van der Waals surface area contributed by atoms with Gasteiger partial charge in [0.1, 0.15) is 5.82 Å². The SMILES string of the molecule is O=C(NCCN1CCOCC1)c1ccc(Cn2c(SCc3ccc(F)cc3)nc3ncccc32)cc1. The number of hydrogen-bond acceptors (Lipinski definition) is 6. The van der Waals surface area contributed by atoms with E-state index in [1.165, 1.54) is 12.1 Å². The van der Waals surface area contributed by atoms with Crippen molar-refractivity contribution in [3.05, 3.63) is 89.4 Å². The number of hydrogen-bond donors (Lipinski definition) is 1. The van der Waals surface area contributed by atoms with Gasteiger partial charge in [-0.15, -0.1) is 0 Å². The van der Waals surface area contributed by atoms with Gasteiger partial charge in [0.25, 0.3) is 5.91 Å². The third-order valence-electron chi connectivity index (χ3n) is 6.14. The summed E-state index contributed by atoms with van der Waals surface area (Å²) in [6.07, 6.45) is 1.74. The van der Waals surface area contributed by atoms with Crippen LogP contribution in [0.5, 0.6) is 0 Å². The Morgan fingerprint density at radius 2 is 1.78 bits per heavy atom. The lowest BCUT2D eigenvalue weighted by molar-refractivity contribution is 0.0383. The van der Waals surface area contributed by atoms with Crippen LogP contribution in [0.2, 0.25) is 0 Å². The Morgan fingerprint density at radius 3 is 2.56 bits per heavy atom. The molecule has 1 amide bonds. The van der Waals surface area contributed by atoms with Crippen molar-refractivity contribution in [3.63, 3.8) is 0 Å². The Morgan fingerprint density at radius 1 is 1.03 bits per heavy atom. The molecule has 1 fully saturated rings. The maximum atomic E-state index is 13.3. The van der Waals surface area contributed by atoms with Crippen LogP contribution in [0, 0.1) is 5.82 Å². The first-order valence-electron chi connectivity index (χ1n) is 12.0. The lowest BCUT2D eigenvalue weighted by atomic mass is 10.1. The molecule has 3 heterocycles. The molecule has 0 bridgehead atoms. The standard InChI is InChI=1S/C27H28FN5O2S/c28-23-9-5-21(6-10-23)19-36-27-31-25-24(2-1-11-29-25)33(27)18-20-3-7-22(8-4-20)26(34)30-12-13-32-14-16-35-17-15-32/h1-11H,12-19H2,(H,30,34). The van der Waals surface area contributed by atoms with Crippen molar-refractivity contribution >= 4 is 28.8 Å². The number of benzene rings is 2. The monoisotopic (exact) mass is 505 g/mol. The zero-order valence-corrected chi connectivity index (χ0v) is 20.7. The molecule has 2 aromatic heterocycles. The normalized spacial score (nSPS) is 14.2. The van der Waals surface area contributed by atoms with E-state index in [1.807, 2.05) is 36.4 Å². The lowest BCUT2D eigenvalue weighted by Gasteiger charge is -2.26. The third-order valence-corrected chi connectivity index (χ3v) is 7.19. The van der Waals surface area contributed by atoms with E-state index in [1.54, 1.807) is 30.1 Å². The van der Waals surface area contributed by atoms with E-state index < -0.39 is 0 Å². The summed E-state index contributed by atoms with van der Waals surface area (Å²) in [7, 11) is 0. The van der Waals surface area contributed by atoms with Gasteiger partial charge < -0.3 is 14.6 Å². The number of carbonyl (C=O) groups excluding carboxylic acids is 1. The Kier molecular flexibility index (Phi) is 7.90. The number of morpholine rings is 1. The van der Waals surface area contributed by atoms with Gasteiger partial charge in [-0.05, 0) is 47.5 Å². The second-order valence-electron chi connectivity index (χ2n) is 8.65. The molecule has 1 aliphatic heterocycles. The van der Waals surface area contributed by atoms with E-state index in [2.05, 4.69) is 19.8 Å². The van der Waals surface area contributed by atoms with Gasteiger partial charge in [-0.2, -0.15) is 0 Å². The second kappa shape index (κ2) is 11.6. The van der Waals surface area contributed by atoms with Crippen LogP contribution in [0.4, 0.5) is 4.39 Å². The largest absolute Gasteiger partial charge is 0.379 e. The molecule has 36 heavy (non-hydrogen) atoms. The highest BCUT2D eigenvalue weighted by Gasteiger charge is 2.14. The van der Waals surface area contributed by atoms with Crippen molar-refractivity contribution in [3.8, 4) is 0 Å². The highest BCUT2D eigenvalue weighted by atomic mass is 32.2. The number of fused-ring (bicyclic) bond motifs is 1. The molecular formula is C27H28FN5O2S. The summed E-state index contributed by atoms with van der Waals surface area (Å²) in [6.45, 7) is 5.37. The molecule has 9 heteroatoms. The number of halogens is 1. The summed E-state index contributed by atoms with van der Waals surface area (Å²) >= 11 is 1.59. The van der Waals surface area contributed by atoms with Gasteiger partial charge in [0.15, 0.2) is 10.8 Å². The number of thioether (sulfide) groups is 1. The molecule has 186 valence electrons. The van der Waals surface area contributed by atoms with Crippen molar-refractivity contribution in [1.82, 2.24) is 24.8 Å². The predicted octanol–water partition coefficient (Wildman–Crippen LogP) is 3.97. The van der Waals surface area contributed by atoms with Crippen LogP contribution in [0.1, 0.15) is 21.5 Å². The van der Waals surface area contributed by atoms with E-state index in [4.69, 9.17) is 9.72 Å². The van der Waals surface area contributed by atoms with Crippen LogP contribution in [-0.2, 0) is 17.0 Å². The number of nitrogens with zero attached hydrogens (tertiary/aromatic N) is 4.